The number of hydrogen-bond acceptors (Lipinski definition) is 5. The van der Waals surface area contributed by atoms with Gasteiger partial charge >= 0.3 is 0 Å². The van der Waals surface area contributed by atoms with Gasteiger partial charge in [0.2, 0.25) is 0 Å². The molecule has 27 heavy (non-hydrogen) atoms. The first-order chi connectivity index (χ1) is 13.0. The van der Waals surface area contributed by atoms with E-state index in [9.17, 15) is 5.26 Å². The molecule has 1 aromatic heterocycles. The molecular formula is C20H26ClN5O. The van der Waals surface area contributed by atoms with Crippen LogP contribution in [0, 0.1) is 11.3 Å². The molecule has 0 amide bonds. The summed E-state index contributed by atoms with van der Waals surface area (Å²) < 4.78 is 7.54. The van der Waals surface area contributed by atoms with Crippen LogP contribution in [-0.2, 0) is 16.7 Å². The molecule has 0 bridgehead atoms. The van der Waals surface area contributed by atoms with E-state index < -0.39 is 5.41 Å². The lowest BCUT2D eigenvalue weighted by atomic mass is 9.77. The minimum absolute atomic E-state index is 0.251. The number of aromatic nitrogens is 3. The van der Waals surface area contributed by atoms with Crippen molar-refractivity contribution in [1.82, 2.24) is 19.7 Å². The minimum atomic E-state index is -0.665. The van der Waals surface area contributed by atoms with Crippen molar-refractivity contribution in [2.24, 2.45) is 0 Å². The Kier molecular flexibility index (Phi) is 6.48. The number of hydrogen-bond donors (Lipinski definition) is 0. The maximum absolute atomic E-state index is 10.1. The van der Waals surface area contributed by atoms with Gasteiger partial charge in [0, 0.05) is 18.1 Å². The van der Waals surface area contributed by atoms with Gasteiger partial charge in [0.05, 0.1) is 24.8 Å². The molecule has 6 nitrogen and oxygen atoms in total. The summed E-state index contributed by atoms with van der Waals surface area (Å²) in [4.78, 5) is 6.45. The summed E-state index contributed by atoms with van der Waals surface area (Å²) in [6.07, 6.45) is 5.32. The molecule has 2 aromatic rings. The zero-order valence-corrected chi connectivity index (χ0v) is 16.6. The quantitative estimate of drug-likeness (QED) is 0.729. The second-order valence-electron chi connectivity index (χ2n) is 7.41. The lowest BCUT2D eigenvalue weighted by Gasteiger charge is -2.36. The van der Waals surface area contributed by atoms with Crippen LogP contribution in [0.5, 0.6) is 0 Å². The Morgan fingerprint density at radius 2 is 1.96 bits per heavy atom. The van der Waals surface area contributed by atoms with E-state index in [0.29, 0.717) is 11.6 Å². The van der Waals surface area contributed by atoms with Crippen molar-refractivity contribution >= 4 is 11.6 Å². The van der Waals surface area contributed by atoms with Crippen LogP contribution < -0.4 is 0 Å². The number of rotatable bonds is 7. The average molecular weight is 388 g/mol. The van der Waals surface area contributed by atoms with Gasteiger partial charge in [0.1, 0.15) is 18.1 Å². The molecule has 0 N–H and O–H groups in total. The number of nitrogens with zero attached hydrogens (tertiary/aromatic N) is 5. The summed E-state index contributed by atoms with van der Waals surface area (Å²) in [5.41, 5.74) is 0.301. The molecule has 3 unspecified atom stereocenters. The SMILES string of the molecule is CC1CN(CCCC(C#N)(Cn2cncn2)c2ccc(Cl)cc2)CC(C)O1. The van der Waals surface area contributed by atoms with E-state index in [2.05, 4.69) is 34.9 Å². The summed E-state index contributed by atoms with van der Waals surface area (Å²) in [6, 6.07) is 10.1. The fourth-order valence-corrected chi connectivity index (χ4v) is 4.03. The van der Waals surface area contributed by atoms with Crippen LogP contribution in [0.2, 0.25) is 5.02 Å². The van der Waals surface area contributed by atoms with Gasteiger partial charge in [-0.3, -0.25) is 9.58 Å². The van der Waals surface area contributed by atoms with Crippen molar-refractivity contribution < 1.29 is 4.74 Å². The number of benzene rings is 1. The van der Waals surface area contributed by atoms with E-state index in [4.69, 9.17) is 16.3 Å². The number of nitriles is 1. The number of halogens is 1. The molecule has 1 fully saturated rings. The highest BCUT2D eigenvalue weighted by molar-refractivity contribution is 6.30. The van der Waals surface area contributed by atoms with E-state index in [1.54, 1.807) is 11.0 Å². The highest BCUT2D eigenvalue weighted by Crippen LogP contribution is 2.32. The van der Waals surface area contributed by atoms with Crippen LogP contribution in [0.3, 0.4) is 0 Å². The van der Waals surface area contributed by atoms with Crippen LogP contribution in [0.1, 0.15) is 32.3 Å². The van der Waals surface area contributed by atoms with Crippen LogP contribution in [0.15, 0.2) is 36.9 Å². The lowest BCUT2D eigenvalue weighted by Crippen LogP contribution is -2.46. The Morgan fingerprint density at radius 1 is 1.26 bits per heavy atom. The van der Waals surface area contributed by atoms with Crippen LogP contribution >= 0.6 is 11.6 Å². The van der Waals surface area contributed by atoms with Crippen molar-refractivity contribution in [3.63, 3.8) is 0 Å². The third kappa shape index (κ3) is 5.07. The van der Waals surface area contributed by atoms with Crippen molar-refractivity contribution in [3.05, 3.63) is 47.5 Å². The number of morpholine rings is 1. The molecule has 144 valence electrons. The smallest absolute Gasteiger partial charge is 0.137 e. The molecule has 1 aliphatic rings. The molecule has 7 heteroatoms. The molecule has 1 saturated heterocycles. The van der Waals surface area contributed by atoms with E-state index in [1.165, 1.54) is 6.33 Å². The normalized spacial score (nSPS) is 22.9. The molecule has 0 radical (unpaired) electrons. The standard InChI is InChI=1S/C20H26ClN5O/c1-16-10-25(11-17(2)27-16)9-3-8-20(12-22,13-26-15-23-14-24-26)18-4-6-19(21)7-5-18/h4-7,14-17H,3,8-11,13H2,1-2H3. The van der Waals surface area contributed by atoms with Gasteiger partial charge in [-0.05, 0) is 50.9 Å². The Labute approximate surface area is 165 Å². The van der Waals surface area contributed by atoms with Crippen LogP contribution in [-0.4, -0.2) is 51.5 Å². The van der Waals surface area contributed by atoms with Gasteiger partial charge in [-0.2, -0.15) is 10.4 Å². The van der Waals surface area contributed by atoms with Crippen LogP contribution in [0.4, 0.5) is 0 Å². The Balaban J connectivity index is 1.73. The predicted octanol–water partition coefficient (Wildman–Crippen LogP) is 3.28. The predicted molar refractivity (Wildman–Crippen MR) is 104 cm³/mol. The molecule has 3 rings (SSSR count). The minimum Gasteiger partial charge on any atom is -0.373 e. The van der Waals surface area contributed by atoms with Gasteiger partial charge in [-0.1, -0.05) is 23.7 Å². The fourth-order valence-electron chi connectivity index (χ4n) is 3.90. The van der Waals surface area contributed by atoms with Gasteiger partial charge in [-0.25, -0.2) is 4.98 Å². The van der Waals surface area contributed by atoms with Crippen molar-refractivity contribution in [1.29, 1.82) is 5.26 Å². The maximum Gasteiger partial charge on any atom is 0.137 e. The second-order valence-corrected chi connectivity index (χ2v) is 7.85. The molecule has 3 atom stereocenters. The highest BCUT2D eigenvalue weighted by Gasteiger charge is 2.33. The zero-order valence-electron chi connectivity index (χ0n) is 15.9. The molecule has 2 heterocycles. The van der Waals surface area contributed by atoms with Crippen LogP contribution in [0.25, 0.3) is 0 Å². The van der Waals surface area contributed by atoms with Gasteiger partial charge in [0.15, 0.2) is 0 Å². The summed E-state index contributed by atoms with van der Waals surface area (Å²) in [5, 5.41) is 15.0. The summed E-state index contributed by atoms with van der Waals surface area (Å²) >= 11 is 6.05. The van der Waals surface area contributed by atoms with E-state index in [1.807, 2.05) is 24.3 Å². The molecule has 1 aliphatic heterocycles. The van der Waals surface area contributed by atoms with Crippen molar-refractivity contribution in [3.8, 4) is 6.07 Å². The first-order valence-electron chi connectivity index (χ1n) is 9.38. The third-order valence-corrected chi connectivity index (χ3v) is 5.33. The van der Waals surface area contributed by atoms with Gasteiger partial charge < -0.3 is 4.74 Å². The van der Waals surface area contributed by atoms with Gasteiger partial charge in [0.25, 0.3) is 0 Å². The van der Waals surface area contributed by atoms with Crippen molar-refractivity contribution in [2.75, 3.05) is 19.6 Å². The average Bonchev–Trinajstić information content (AvgIpc) is 3.13. The fraction of sp³-hybridized carbons (Fsp3) is 0.550. The first-order valence-corrected chi connectivity index (χ1v) is 9.76. The first kappa shape index (κ1) is 19.8. The lowest BCUT2D eigenvalue weighted by molar-refractivity contribution is -0.0683. The molecular weight excluding hydrogens is 362 g/mol. The van der Waals surface area contributed by atoms with E-state index in [0.717, 1.165) is 38.0 Å². The zero-order chi connectivity index (χ0) is 19.3. The van der Waals surface area contributed by atoms with E-state index in [-0.39, 0.29) is 12.2 Å². The number of ether oxygens (including phenoxy) is 1. The molecule has 0 spiro atoms. The summed E-state index contributed by atoms with van der Waals surface area (Å²) in [5.74, 6) is 0. The topological polar surface area (TPSA) is 67.0 Å². The maximum atomic E-state index is 10.1. The Bertz CT molecular complexity index is 748. The molecule has 1 aromatic carbocycles. The van der Waals surface area contributed by atoms with Crippen molar-refractivity contribution in [2.45, 2.75) is 50.9 Å². The highest BCUT2D eigenvalue weighted by atomic mass is 35.5. The molecule has 0 aliphatic carbocycles. The van der Waals surface area contributed by atoms with E-state index >= 15 is 0 Å². The van der Waals surface area contributed by atoms with Gasteiger partial charge in [-0.15, -0.1) is 0 Å². The monoisotopic (exact) mass is 387 g/mol. The third-order valence-electron chi connectivity index (χ3n) is 5.08. The largest absolute Gasteiger partial charge is 0.373 e. The Morgan fingerprint density at radius 3 is 2.56 bits per heavy atom. The summed E-state index contributed by atoms with van der Waals surface area (Å²) in [7, 11) is 0. The second kappa shape index (κ2) is 8.83. The molecule has 0 saturated carbocycles. The Hall–Kier alpha value is -1.94. The summed E-state index contributed by atoms with van der Waals surface area (Å²) in [6.45, 7) is 7.52.